The summed E-state index contributed by atoms with van der Waals surface area (Å²) in [5, 5.41) is 2.67. The van der Waals surface area contributed by atoms with E-state index < -0.39 is 12.3 Å². The predicted octanol–water partition coefficient (Wildman–Crippen LogP) is 4.63. The monoisotopic (exact) mass is 433 g/mol. The van der Waals surface area contributed by atoms with Crippen LogP contribution in [0.5, 0.6) is 5.75 Å². The van der Waals surface area contributed by atoms with Gasteiger partial charge < -0.3 is 19.9 Å². The molecule has 2 aromatic rings. The Labute approximate surface area is 177 Å². The number of carbonyl (C=O) groups excluding carboxylic acids is 2. The number of rotatable bonds is 4. The van der Waals surface area contributed by atoms with E-state index in [1.807, 2.05) is 11.8 Å². The number of nitrogens with zero attached hydrogens (tertiary/aromatic N) is 2. The van der Waals surface area contributed by atoms with Crippen molar-refractivity contribution in [3.63, 3.8) is 0 Å². The maximum atomic E-state index is 12.9. The molecule has 2 aliphatic heterocycles. The van der Waals surface area contributed by atoms with E-state index in [0.29, 0.717) is 23.4 Å². The van der Waals surface area contributed by atoms with Gasteiger partial charge in [0.2, 0.25) is 0 Å². The standard InChI is InChI=1S/C22H22F3N3O3/c1-2-27-18-13-14(6-11-17(18)21(30)28-12-4-3-5-19(27)28)20(29)26-15-7-9-16(10-8-15)31-22(23,24)25/h6-11,13,19H,2-5,12H2,1H3,(H,26,29)/t19-/m1/s1. The molecule has 0 aliphatic carbocycles. The fraction of sp³-hybridized carbons (Fsp3) is 0.364. The number of piperidine rings is 1. The van der Waals surface area contributed by atoms with Crippen molar-refractivity contribution in [1.82, 2.24) is 4.90 Å². The second-order valence-corrected chi connectivity index (χ2v) is 7.52. The van der Waals surface area contributed by atoms with Crippen LogP contribution in [0.2, 0.25) is 0 Å². The second kappa shape index (κ2) is 8.13. The minimum Gasteiger partial charge on any atom is -0.406 e. The van der Waals surface area contributed by atoms with Gasteiger partial charge in [-0.15, -0.1) is 13.2 Å². The molecule has 0 aromatic heterocycles. The van der Waals surface area contributed by atoms with Gasteiger partial charge in [0, 0.05) is 24.3 Å². The Balaban J connectivity index is 1.54. The van der Waals surface area contributed by atoms with Gasteiger partial charge in [0.15, 0.2) is 0 Å². The van der Waals surface area contributed by atoms with Crippen molar-refractivity contribution in [1.29, 1.82) is 0 Å². The van der Waals surface area contributed by atoms with Crippen LogP contribution < -0.4 is 15.0 Å². The number of nitrogens with one attached hydrogen (secondary N) is 1. The van der Waals surface area contributed by atoms with Crippen LogP contribution in [0.4, 0.5) is 24.5 Å². The summed E-state index contributed by atoms with van der Waals surface area (Å²) in [6.07, 6.45) is -1.85. The van der Waals surface area contributed by atoms with Gasteiger partial charge in [0.05, 0.1) is 11.3 Å². The van der Waals surface area contributed by atoms with E-state index in [1.165, 1.54) is 12.1 Å². The lowest BCUT2D eigenvalue weighted by atomic mass is 9.97. The van der Waals surface area contributed by atoms with Crippen LogP contribution in [0, 0.1) is 0 Å². The number of ether oxygens (including phenoxy) is 1. The van der Waals surface area contributed by atoms with Crippen LogP contribution in [0.25, 0.3) is 0 Å². The normalized spacial score (nSPS) is 18.3. The molecular weight excluding hydrogens is 411 g/mol. The summed E-state index contributed by atoms with van der Waals surface area (Å²) in [6, 6.07) is 9.89. The lowest BCUT2D eigenvalue weighted by Gasteiger charge is -2.47. The highest BCUT2D eigenvalue weighted by atomic mass is 19.4. The van der Waals surface area contributed by atoms with Gasteiger partial charge in [0.25, 0.3) is 11.8 Å². The van der Waals surface area contributed by atoms with Crippen molar-refractivity contribution in [3.05, 3.63) is 53.6 Å². The fourth-order valence-corrected chi connectivity index (χ4v) is 4.21. The highest BCUT2D eigenvalue weighted by molar-refractivity contribution is 6.08. The summed E-state index contributed by atoms with van der Waals surface area (Å²) in [7, 11) is 0. The number of hydrogen-bond acceptors (Lipinski definition) is 4. The highest BCUT2D eigenvalue weighted by Crippen LogP contribution is 2.36. The summed E-state index contributed by atoms with van der Waals surface area (Å²) in [5.41, 5.74) is 2.01. The zero-order valence-electron chi connectivity index (χ0n) is 16.9. The van der Waals surface area contributed by atoms with Crippen molar-refractivity contribution in [3.8, 4) is 5.75 Å². The number of fused-ring (bicyclic) bond motifs is 2. The predicted molar refractivity (Wildman–Crippen MR) is 109 cm³/mol. The van der Waals surface area contributed by atoms with Crippen LogP contribution in [0.15, 0.2) is 42.5 Å². The van der Waals surface area contributed by atoms with Crippen molar-refractivity contribution in [2.24, 2.45) is 0 Å². The summed E-state index contributed by atoms with van der Waals surface area (Å²) in [4.78, 5) is 29.7. The Bertz CT molecular complexity index is 992. The van der Waals surface area contributed by atoms with Gasteiger partial charge in [-0.3, -0.25) is 9.59 Å². The summed E-state index contributed by atoms with van der Waals surface area (Å²) < 4.78 is 40.7. The molecule has 0 spiro atoms. The first kappa shape index (κ1) is 21.0. The van der Waals surface area contributed by atoms with E-state index in [1.54, 1.807) is 18.2 Å². The lowest BCUT2D eigenvalue weighted by Crippen LogP contribution is -2.57. The molecule has 9 heteroatoms. The van der Waals surface area contributed by atoms with Gasteiger partial charge in [0.1, 0.15) is 11.9 Å². The maximum Gasteiger partial charge on any atom is 0.573 e. The average molecular weight is 433 g/mol. The van der Waals surface area contributed by atoms with Crippen molar-refractivity contribution >= 4 is 23.2 Å². The van der Waals surface area contributed by atoms with Gasteiger partial charge >= 0.3 is 6.36 Å². The number of benzene rings is 2. The van der Waals surface area contributed by atoms with Crippen molar-refractivity contribution in [2.75, 3.05) is 23.3 Å². The zero-order valence-corrected chi connectivity index (χ0v) is 16.9. The second-order valence-electron chi connectivity index (χ2n) is 7.52. The Kier molecular flexibility index (Phi) is 5.51. The van der Waals surface area contributed by atoms with Crippen LogP contribution in [-0.4, -0.2) is 42.3 Å². The number of carbonyl (C=O) groups is 2. The molecule has 1 atom stereocenters. The van der Waals surface area contributed by atoms with Crippen LogP contribution in [0.3, 0.4) is 0 Å². The van der Waals surface area contributed by atoms with Gasteiger partial charge in [-0.1, -0.05) is 0 Å². The van der Waals surface area contributed by atoms with Crippen molar-refractivity contribution < 1.29 is 27.5 Å². The highest BCUT2D eigenvalue weighted by Gasteiger charge is 2.38. The number of amides is 2. The molecule has 0 radical (unpaired) electrons. The van der Waals surface area contributed by atoms with Gasteiger partial charge in [-0.05, 0) is 68.7 Å². The number of alkyl halides is 3. The molecule has 1 fully saturated rings. The summed E-state index contributed by atoms with van der Waals surface area (Å²) in [6.45, 7) is 3.45. The molecule has 0 saturated carbocycles. The molecule has 0 bridgehead atoms. The molecule has 164 valence electrons. The molecule has 6 nitrogen and oxygen atoms in total. The molecule has 2 aliphatic rings. The molecule has 2 aromatic carbocycles. The maximum absolute atomic E-state index is 12.9. The largest absolute Gasteiger partial charge is 0.573 e. The van der Waals surface area contributed by atoms with E-state index in [0.717, 1.165) is 43.6 Å². The molecule has 1 saturated heterocycles. The summed E-state index contributed by atoms with van der Waals surface area (Å²) >= 11 is 0. The Hall–Kier alpha value is -3.23. The van der Waals surface area contributed by atoms with E-state index in [-0.39, 0.29) is 17.8 Å². The third-order valence-electron chi connectivity index (χ3n) is 5.58. The molecule has 0 unspecified atom stereocenters. The Morgan fingerprint density at radius 1 is 1.16 bits per heavy atom. The summed E-state index contributed by atoms with van der Waals surface area (Å²) in [5.74, 6) is -0.799. The van der Waals surface area contributed by atoms with E-state index in [2.05, 4.69) is 15.0 Å². The first-order valence-corrected chi connectivity index (χ1v) is 10.2. The third kappa shape index (κ3) is 4.30. The topological polar surface area (TPSA) is 61.9 Å². The fourth-order valence-electron chi connectivity index (χ4n) is 4.21. The Morgan fingerprint density at radius 2 is 1.90 bits per heavy atom. The molecule has 1 N–H and O–H groups in total. The van der Waals surface area contributed by atoms with Gasteiger partial charge in [-0.2, -0.15) is 0 Å². The van der Waals surface area contributed by atoms with E-state index in [9.17, 15) is 22.8 Å². The molecule has 4 rings (SSSR count). The minimum absolute atomic E-state index is 0.00163. The molecule has 2 amide bonds. The minimum atomic E-state index is -4.77. The molecule has 2 heterocycles. The SMILES string of the molecule is CCN1c2cc(C(=O)Nc3ccc(OC(F)(F)F)cc3)ccc2C(=O)N2CCCC[C@@H]21. The smallest absolute Gasteiger partial charge is 0.406 e. The van der Waals surface area contributed by atoms with Gasteiger partial charge in [-0.25, -0.2) is 0 Å². The van der Waals surface area contributed by atoms with Crippen LogP contribution in [0.1, 0.15) is 46.9 Å². The van der Waals surface area contributed by atoms with Crippen LogP contribution >= 0.6 is 0 Å². The first-order chi connectivity index (χ1) is 14.8. The van der Waals surface area contributed by atoms with Crippen molar-refractivity contribution in [2.45, 2.75) is 38.7 Å². The third-order valence-corrected chi connectivity index (χ3v) is 5.58. The molecular formula is C22H22F3N3O3. The average Bonchev–Trinajstić information content (AvgIpc) is 2.74. The lowest BCUT2D eigenvalue weighted by molar-refractivity contribution is -0.274. The van der Waals surface area contributed by atoms with E-state index in [4.69, 9.17) is 0 Å². The van der Waals surface area contributed by atoms with Crippen LogP contribution in [-0.2, 0) is 0 Å². The number of hydrogen-bond donors (Lipinski definition) is 1. The Morgan fingerprint density at radius 3 is 2.58 bits per heavy atom. The molecule has 31 heavy (non-hydrogen) atoms. The first-order valence-electron chi connectivity index (χ1n) is 10.2. The zero-order chi connectivity index (χ0) is 22.2. The quantitative estimate of drug-likeness (QED) is 0.764. The number of anilines is 2. The number of halogens is 3. The van der Waals surface area contributed by atoms with E-state index >= 15 is 0 Å².